The Bertz CT molecular complexity index is 2060. The number of nitro groups is 1. The predicted molar refractivity (Wildman–Crippen MR) is 162 cm³/mol. The molecule has 208 valence electrons. The third kappa shape index (κ3) is 3.95. The van der Waals surface area contributed by atoms with Crippen molar-refractivity contribution in [2.24, 2.45) is 0 Å². The third-order valence-corrected chi connectivity index (χ3v) is 8.05. The Hall–Kier alpha value is -5.89. The predicted octanol–water partition coefficient (Wildman–Crippen LogP) is 6.67. The molecule has 1 aromatic heterocycles. The first-order valence-electron chi connectivity index (χ1n) is 13.7. The van der Waals surface area contributed by atoms with Crippen LogP contribution in [0.3, 0.4) is 0 Å². The Balaban J connectivity index is 1.62. The average Bonchev–Trinajstić information content (AvgIpc) is 3.03. The van der Waals surface area contributed by atoms with Crippen molar-refractivity contribution in [3.05, 3.63) is 175 Å². The van der Waals surface area contributed by atoms with E-state index in [1.165, 1.54) is 12.1 Å². The molecule has 43 heavy (non-hydrogen) atoms. The molecule has 4 aromatic carbocycles. The molecule has 0 bridgehead atoms. The van der Waals surface area contributed by atoms with E-state index in [2.05, 4.69) is 0 Å². The quantitative estimate of drug-likeness (QED) is 0.178. The number of nitrogens with zero attached hydrogens (tertiary/aromatic N) is 3. The molecule has 0 saturated heterocycles. The highest BCUT2D eigenvalue weighted by molar-refractivity contribution is 6.30. The summed E-state index contributed by atoms with van der Waals surface area (Å²) in [4.78, 5) is 56.1. The molecule has 0 spiro atoms. The van der Waals surface area contributed by atoms with E-state index in [1.807, 2.05) is 73.7 Å². The number of carbonyl (C=O) groups is 2. The number of hydrogen-bond donors (Lipinski definition) is 0. The van der Waals surface area contributed by atoms with Crippen LogP contribution < -0.4 is 10.5 Å². The van der Waals surface area contributed by atoms with E-state index in [9.17, 15) is 24.5 Å². The molecule has 1 aliphatic carbocycles. The molecule has 1 aliphatic heterocycles. The smallest absolute Gasteiger partial charge is 0.269 e. The Morgan fingerprint density at radius 3 is 1.86 bits per heavy atom. The molecule has 0 saturated carbocycles. The lowest BCUT2D eigenvalue weighted by atomic mass is 9.72. The number of anilines is 2. The number of aryl methyl sites for hydroxylation is 1. The maximum atomic E-state index is 14.7. The van der Waals surface area contributed by atoms with Crippen LogP contribution in [0.2, 0.25) is 0 Å². The van der Waals surface area contributed by atoms with Crippen LogP contribution in [0.1, 0.15) is 43.5 Å². The van der Waals surface area contributed by atoms with E-state index < -0.39 is 10.8 Å². The number of rotatable bonds is 4. The summed E-state index contributed by atoms with van der Waals surface area (Å²) in [6.45, 7) is 1.83. The number of carbonyl (C=O) groups excluding carboxylic acids is 2. The van der Waals surface area contributed by atoms with Crippen LogP contribution in [0.15, 0.2) is 131 Å². The highest BCUT2D eigenvalue weighted by Gasteiger charge is 2.46. The van der Waals surface area contributed by atoms with Gasteiger partial charge in [0.05, 0.1) is 16.2 Å². The fourth-order valence-electron chi connectivity index (χ4n) is 6.19. The minimum atomic E-state index is -0.960. The Labute approximate surface area is 245 Å². The molecule has 0 amide bonds. The first-order chi connectivity index (χ1) is 20.9. The molecule has 2 aliphatic rings. The number of nitro benzene ring substituents is 1. The van der Waals surface area contributed by atoms with Crippen LogP contribution in [-0.2, 0) is 0 Å². The number of fused-ring (bicyclic) bond motifs is 2. The largest absolute Gasteiger partial charge is 0.306 e. The summed E-state index contributed by atoms with van der Waals surface area (Å²) >= 11 is 0. The molecule has 0 radical (unpaired) electrons. The van der Waals surface area contributed by atoms with Crippen LogP contribution >= 0.6 is 0 Å². The van der Waals surface area contributed by atoms with Gasteiger partial charge in [0.15, 0.2) is 5.78 Å². The first kappa shape index (κ1) is 26.0. The SMILES string of the molecule is Cc1cc2c(c(=O)n1-c1ccccc1)C(c1ccc([N+](=O)[O-])cc1)C1=C(C(=O)c3ccccc3C1=O)N2c1ccccc1. The molecule has 7 rings (SSSR count). The summed E-state index contributed by atoms with van der Waals surface area (Å²) < 4.78 is 1.59. The number of benzene rings is 4. The Morgan fingerprint density at radius 1 is 0.698 bits per heavy atom. The highest BCUT2D eigenvalue weighted by atomic mass is 16.6. The van der Waals surface area contributed by atoms with Crippen molar-refractivity contribution < 1.29 is 14.5 Å². The second kappa shape index (κ2) is 9.88. The van der Waals surface area contributed by atoms with Crippen LogP contribution in [0.25, 0.3) is 5.69 Å². The number of hydrogen-bond acceptors (Lipinski definition) is 6. The summed E-state index contributed by atoms with van der Waals surface area (Å²) in [6, 6.07) is 32.7. The van der Waals surface area contributed by atoms with E-state index >= 15 is 0 Å². The molecule has 1 unspecified atom stereocenters. The summed E-state index contributed by atoms with van der Waals surface area (Å²) in [5.41, 5.74) is 3.57. The molecule has 0 N–H and O–H groups in total. The lowest BCUT2D eigenvalue weighted by Gasteiger charge is -2.40. The lowest BCUT2D eigenvalue weighted by Crippen LogP contribution is -2.41. The molecular formula is C35H23N3O5. The lowest BCUT2D eigenvalue weighted by molar-refractivity contribution is -0.384. The van der Waals surface area contributed by atoms with Crippen LogP contribution in [0.4, 0.5) is 17.1 Å². The van der Waals surface area contributed by atoms with Crippen molar-refractivity contribution in [2.75, 3.05) is 4.90 Å². The van der Waals surface area contributed by atoms with E-state index in [0.29, 0.717) is 33.9 Å². The molecule has 1 atom stereocenters. The van der Waals surface area contributed by atoms with E-state index in [4.69, 9.17) is 0 Å². The van der Waals surface area contributed by atoms with Crippen molar-refractivity contribution in [1.29, 1.82) is 0 Å². The van der Waals surface area contributed by atoms with Gasteiger partial charge in [0.2, 0.25) is 5.78 Å². The number of pyridine rings is 1. The monoisotopic (exact) mass is 565 g/mol. The van der Waals surface area contributed by atoms with Gasteiger partial charge in [-0.3, -0.25) is 29.1 Å². The van der Waals surface area contributed by atoms with Crippen molar-refractivity contribution >= 4 is 28.6 Å². The highest BCUT2D eigenvalue weighted by Crippen LogP contribution is 2.50. The van der Waals surface area contributed by atoms with E-state index in [0.717, 1.165) is 0 Å². The van der Waals surface area contributed by atoms with Gasteiger partial charge < -0.3 is 4.90 Å². The minimum absolute atomic E-state index is 0.123. The van der Waals surface area contributed by atoms with Gasteiger partial charge in [0.1, 0.15) is 5.70 Å². The summed E-state index contributed by atoms with van der Waals surface area (Å²) in [5.74, 6) is -1.67. The second-order valence-electron chi connectivity index (χ2n) is 10.5. The van der Waals surface area contributed by atoms with Gasteiger partial charge in [-0.1, -0.05) is 72.8 Å². The van der Waals surface area contributed by atoms with Gasteiger partial charge >= 0.3 is 0 Å². The van der Waals surface area contributed by atoms with Gasteiger partial charge in [0, 0.05) is 51.8 Å². The molecule has 8 heteroatoms. The number of allylic oxidation sites excluding steroid dienone is 2. The normalized spacial score (nSPS) is 15.6. The minimum Gasteiger partial charge on any atom is -0.306 e. The number of Topliss-reactive ketones (excluding diaryl/α,β-unsaturated/α-hetero) is 2. The zero-order chi connectivity index (χ0) is 29.8. The maximum Gasteiger partial charge on any atom is 0.269 e. The number of non-ortho nitro benzene ring substituents is 1. The molecule has 0 fully saturated rings. The van der Waals surface area contributed by atoms with Crippen LogP contribution in [-0.4, -0.2) is 21.1 Å². The van der Waals surface area contributed by atoms with Gasteiger partial charge in [-0.2, -0.15) is 0 Å². The average molecular weight is 566 g/mol. The zero-order valence-corrected chi connectivity index (χ0v) is 22.9. The third-order valence-electron chi connectivity index (χ3n) is 8.05. The van der Waals surface area contributed by atoms with Gasteiger partial charge in [-0.05, 0) is 42.8 Å². The number of para-hydroxylation sites is 2. The summed E-state index contributed by atoms with van der Waals surface area (Å²) in [5, 5.41) is 11.5. The van der Waals surface area contributed by atoms with Crippen molar-refractivity contribution in [3.63, 3.8) is 0 Å². The van der Waals surface area contributed by atoms with E-state index in [1.54, 1.807) is 45.9 Å². The zero-order valence-electron chi connectivity index (χ0n) is 22.9. The summed E-state index contributed by atoms with van der Waals surface area (Å²) in [6.07, 6.45) is 0. The number of ketones is 2. The van der Waals surface area contributed by atoms with Crippen molar-refractivity contribution in [1.82, 2.24) is 4.57 Å². The van der Waals surface area contributed by atoms with Crippen LogP contribution in [0.5, 0.6) is 0 Å². The van der Waals surface area contributed by atoms with Gasteiger partial charge in [-0.25, -0.2) is 0 Å². The molecule has 8 nitrogen and oxygen atoms in total. The van der Waals surface area contributed by atoms with Crippen LogP contribution in [0, 0.1) is 17.0 Å². The Morgan fingerprint density at radius 2 is 1.26 bits per heavy atom. The standard InChI is InChI=1S/C35H23N3O5/c1-21-20-28-30(35(41)36(21)23-10-4-2-5-11-23)29(22-16-18-25(19-17-22)38(42)43)31-32(37(28)24-12-6-3-7-13-24)34(40)27-15-9-8-14-26(27)33(31)39/h2-20,29H,1H3. The second-order valence-corrected chi connectivity index (χ2v) is 10.5. The van der Waals surface area contributed by atoms with Crippen molar-refractivity contribution in [3.8, 4) is 5.69 Å². The first-order valence-corrected chi connectivity index (χ1v) is 13.7. The van der Waals surface area contributed by atoms with Gasteiger partial charge in [-0.15, -0.1) is 0 Å². The van der Waals surface area contributed by atoms with Gasteiger partial charge in [0.25, 0.3) is 11.2 Å². The topological polar surface area (TPSA) is 103 Å². The maximum absolute atomic E-state index is 14.7. The summed E-state index contributed by atoms with van der Waals surface area (Å²) in [7, 11) is 0. The van der Waals surface area contributed by atoms with E-state index in [-0.39, 0.29) is 45.2 Å². The Kier molecular flexibility index (Phi) is 5.98. The molecular weight excluding hydrogens is 542 g/mol. The molecule has 5 aromatic rings. The fraction of sp³-hybridized carbons (Fsp3) is 0.0571. The fourth-order valence-corrected chi connectivity index (χ4v) is 6.19. The van der Waals surface area contributed by atoms with Crippen molar-refractivity contribution in [2.45, 2.75) is 12.8 Å². The molecule has 2 heterocycles. The number of aromatic nitrogens is 1.